The Morgan fingerprint density at radius 2 is 1.43 bits per heavy atom. The van der Waals surface area contributed by atoms with Crippen LogP contribution in [0.15, 0.2) is 127 Å². The molecule has 4 aromatic carbocycles. The number of hydrogen-bond acceptors (Lipinski definition) is 5. The second kappa shape index (κ2) is 11.6. The van der Waals surface area contributed by atoms with Crippen LogP contribution in [0.25, 0.3) is 10.8 Å². The minimum atomic E-state index is -1.40. The molecule has 3 amide bonds. The second-order valence-corrected chi connectivity index (χ2v) is 12.7. The number of hydrogen-bond donors (Lipinski definition) is 1. The quantitative estimate of drug-likeness (QED) is 0.318. The van der Waals surface area contributed by atoms with Gasteiger partial charge in [-0.05, 0) is 47.0 Å². The van der Waals surface area contributed by atoms with Crippen molar-refractivity contribution in [1.29, 1.82) is 0 Å². The van der Waals surface area contributed by atoms with Crippen molar-refractivity contribution < 1.29 is 24.2 Å². The Morgan fingerprint density at radius 3 is 2.19 bits per heavy atom. The summed E-state index contributed by atoms with van der Waals surface area (Å²) in [6, 6.07) is 31.1. The molecular formula is C39H35N3O5. The van der Waals surface area contributed by atoms with Crippen LogP contribution in [-0.4, -0.2) is 71.2 Å². The number of carbonyl (C=O) groups is 3. The van der Waals surface area contributed by atoms with Crippen LogP contribution in [0.4, 0.5) is 11.4 Å². The van der Waals surface area contributed by atoms with Gasteiger partial charge in [-0.15, -0.1) is 0 Å². The van der Waals surface area contributed by atoms with Crippen molar-refractivity contribution in [2.75, 3.05) is 29.5 Å². The van der Waals surface area contributed by atoms with Crippen LogP contribution in [0, 0.1) is 11.8 Å². The van der Waals surface area contributed by atoms with Crippen molar-refractivity contribution in [2.45, 2.75) is 30.2 Å². The molecule has 1 unspecified atom stereocenters. The molecule has 0 aromatic heterocycles. The van der Waals surface area contributed by atoms with E-state index in [1.165, 1.54) is 4.90 Å². The predicted octanol–water partition coefficient (Wildman–Crippen LogP) is 4.53. The zero-order valence-electron chi connectivity index (χ0n) is 25.8. The summed E-state index contributed by atoms with van der Waals surface area (Å²) in [6.07, 6.45) is 7.15. The number of nitrogens with zero attached hydrogens (tertiary/aromatic N) is 3. The molecule has 0 saturated carbocycles. The predicted molar refractivity (Wildman–Crippen MR) is 180 cm³/mol. The van der Waals surface area contributed by atoms with Gasteiger partial charge in [-0.25, -0.2) is 0 Å². The van der Waals surface area contributed by atoms with Crippen LogP contribution in [0.2, 0.25) is 0 Å². The minimum absolute atomic E-state index is 0.220. The Hall–Kier alpha value is -5.05. The molecule has 6 atom stereocenters. The van der Waals surface area contributed by atoms with Crippen molar-refractivity contribution in [3.63, 3.8) is 0 Å². The van der Waals surface area contributed by atoms with E-state index in [9.17, 15) is 19.5 Å². The minimum Gasteiger partial charge on any atom is -0.394 e. The molecule has 47 heavy (non-hydrogen) atoms. The molecule has 4 aromatic rings. The number of para-hydroxylation sites is 1. The van der Waals surface area contributed by atoms with E-state index in [4.69, 9.17) is 4.74 Å². The van der Waals surface area contributed by atoms with Crippen molar-refractivity contribution in [1.82, 2.24) is 4.90 Å². The first kappa shape index (κ1) is 29.4. The molecule has 0 bridgehead atoms. The third-order valence-corrected chi connectivity index (χ3v) is 10.1. The average Bonchev–Trinajstić information content (AvgIpc) is 3.43. The molecule has 4 heterocycles. The van der Waals surface area contributed by atoms with E-state index >= 15 is 0 Å². The van der Waals surface area contributed by atoms with E-state index in [1.54, 1.807) is 9.80 Å². The summed E-state index contributed by atoms with van der Waals surface area (Å²) in [6.45, 7) is 0.258. The highest BCUT2D eigenvalue weighted by Crippen LogP contribution is 2.54. The molecule has 8 nitrogen and oxygen atoms in total. The number of aliphatic hydroxyl groups excluding tert-OH is 1. The smallest absolute Gasteiger partial charge is 0.253 e. The second-order valence-electron chi connectivity index (χ2n) is 12.7. The molecule has 1 N–H and O–H groups in total. The zero-order chi connectivity index (χ0) is 32.1. The number of fused-ring (bicyclic) bond motifs is 3. The third kappa shape index (κ3) is 4.70. The first-order valence-corrected chi connectivity index (χ1v) is 16.2. The Kier molecular flexibility index (Phi) is 7.27. The molecule has 8 heteroatoms. The Balaban J connectivity index is 1.24. The maximum atomic E-state index is 15.0. The number of likely N-dealkylation sites (tertiary alicyclic amines) is 1. The van der Waals surface area contributed by atoms with Crippen molar-refractivity contribution in [2.24, 2.45) is 11.8 Å². The number of benzene rings is 4. The van der Waals surface area contributed by atoms with E-state index in [2.05, 4.69) is 0 Å². The molecule has 0 radical (unpaired) electrons. The lowest BCUT2D eigenvalue weighted by atomic mass is 9.77. The molecule has 2 saturated heterocycles. The summed E-state index contributed by atoms with van der Waals surface area (Å²) < 4.78 is 6.85. The summed E-state index contributed by atoms with van der Waals surface area (Å²) in [5, 5.41) is 12.9. The van der Waals surface area contributed by atoms with E-state index in [-0.39, 0.29) is 30.9 Å². The summed E-state index contributed by atoms with van der Waals surface area (Å²) in [5.74, 6) is -2.69. The third-order valence-electron chi connectivity index (χ3n) is 10.1. The zero-order valence-corrected chi connectivity index (χ0v) is 25.8. The highest BCUT2D eigenvalue weighted by Gasteiger charge is 2.72. The molecule has 8 rings (SSSR count). The number of anilines is 2. The van der Waals surface area contributed by atoms with Crippen molar-refractivity contribution >= 4 is 39.9 Å². The van der Waals surface area contributed by atoms with Gasteiger partial charge in [0.05, 0.1) is 30.6 Å². The van der Waals surface area contributed by atoms with Gasteiger partial charge in [0.25, 0.3) is 5.91 Å². The van der Waals surface area contributed by atoms with E-state index in [0.29, 0.717) is 18.7 Å². The monoisotopic (exact) mass is 625 g/mol. The van der Waals surface area contributed by atoms with Crippen LogP contribution in [0.3, 0.4) is 0 Å². The van der Waals surface area contributed by atoms with Crippen LogP contribution >= 0.6 is 0 Å². The number of carbonyl (C=O) groups excluding carboxylic acids is 3. The summed E-state index contributed by atoms with van der Waals surface area (Å²) in [5.41, 5.74) is 0.956. The van der Waals surface area contributed by atoms with Crippen molar-refractivity contribution in [3.05, 3.63) is 133 Å². The molecule has 4 aliphatic rings. The fourth-order valence-electron chi connectivity index (χ4n) is 8.02. The van der Waals surface area contributed by atoms with Gasteiger partial charge in [0.1, 0.15) is 11.6 Å². The standard InChI is InChI=1S/C39H35N3O5/c43-25-31(23-26-11-3-1-4-12-26)42-35-38(46)41(30-19-18-27-13-7-8-14-28(27)24-30)22-10-20-39(35)34(37(42)45)33-32(47-39)17-9-21-40(36(33)44)29-15-5-2-6-16-29/h1-20,24,31-35,43H,21-23,25H2/t31-,32-,33+,34+,35?,39+/m1/s1. The fraction of sp³-hybridized carbons (Fsp3) is 0.256. The highest BCUT2D eigenvalue weighted by atomic mass is 16.5. The maximum Gasteiger partial charge on any atom is 0.253 e. The van der Waals surface area contributed by atoms with Gasteiger partial charge in [-0.3, -0.25) is 14.4 Å². The van der Waals surface area contributed by atoms with Crippen LogP contribution in [0.5, 0.6) is 0 Å². The molecule has 4 aliphatic heterocycles. The van der Waals surface area contributed by atoms with Gasteiger partial charge in [0.2, 0.25) is 11.8 Å². The summed E-state index contributed by atoms with van der Waals surface area (Å²) >= 11 is 0. The van der Waals surface area contributed by atoms with Gasteiger partial charge in [0, 0.05) is 24.5 Å². The van der Waals surface area contributed by atoms with Gasteiger partial charge >= 0.3 is 0 Å². The van der Waals surface area contributed by atoms with Crippen LogP contribution in [0.1, 0.15) is 5.56 Å². The average molecular weight is 626 g/mol. The Bertz CT molecular complexity index is 1910. The number of amides is 3. The lowest BCUT2D eigenvalue weighted by Gasteiger charge is -2.38. The molecule has 2 fully saturated rings. The maximum absolute atomic E-state index is 15.0. The van der Waals surface area contributed by atoms with Gasteiger partial charge < -0.3 is 24.5 Å². The van der Waals surface area contributed by atoms with Crippen LogP contribution in [-0.2, 0) is 25.5 Å². The number of ether oxygens (including phenoxy) is 1. The van der Waals surface area contributed by atoms with E-state index in [1.807, 2.05) is 127 Å². The summed E-state index contributed by atoms with van der Waals surface area (Å²) in [7, 11) is 0. The Morgan fingerprint density at radius 1 is 0.745 bits per heavy atom. The molecule has 1 spiro atoms. The lowest BCUT2D eigenvalue weighted by Crippen LogP contribution is -2.58. The van der Waals surface area contributed by atoms with E-state index < -0.39 is 35.6 Å². The molecular weight excluding hydrogens is 590 g/mol. The van der Waals surface area contributed by atoms with Gasteiger partial charge in [-0.2, -0.15) is 0 Å². The highest BCUT2D eigenvalue weighted by molar-refractivity contribution is 6.08. The van der Waals surface area contributed by atoms with Gasteiger partial charge in [0.15, 0.2) is 0 Å². The number of aliphatic hydroxyl groups is 1. The number of rotatable bonds is 6. The van der Waals surface area contributed by atoms with Crippen molar-refractivity contribution in [3.8, 4) is 0 Å². The largest absolute Gasteiger partial charge is 0.394 e. The summed E-state index contributed by atoms with van der Waals surface area (Å²) in [4.78, 5) is 49.3. The molecule has 236 valence electrons. The Labute approximate surface area is 273 Å². The lowest BCUT2D eigenvalue weighted by molar-refractivity contribution is -0.144. The van der Waals surface area contributed by atoms with Crippen LogP contribution < -0.4 is 9.80 Å². The SMILES string of the molecule is O=C1C2N([C@@H](CO)Cc3ccccc3)C(=O)[C@@H]3[C@H]4C(=O)N(c5ccccc5)CC=C[C@H]4O[C@]23C=CCN1c1ccc2ccccc2c1. The fourth-order valence-corrected chi connectivity index (χ4v) is 8.02. The first-order chi connectivity index (χ1) is 23.0. The van der Waals surface area contributed by atoms with Gasteiger partial charge in [-0.1, -0.05) is 103 Å². The molecule has 0 aliphatic carbocycles. The normalized spacial score (nSPS) is 27.4. The first-order valence-electron chi connectivity index (χ1n) is 16.2. The van der Waals surface area contributed by atoms with E-state index in [0.717, 1.165) is 22.0 Å². The topological polar surface area (TPSA) is 90.4 Å².